The number of pyridine rings is 3. The van der Waals surface area contributed by atoms with Crippen LogP contribution in [0.1, 0.15) is 17.7 Å². The van der Waals surface area contributed by atoms with Crippen LogP contribution in [0.25, 0.3) is 22.3 Å². The van der Waals surface area contributed by atoms with Crippen LogP contribution in [0.3, 0.4) is 0 Å². The maximum Gasteiger partial charge on any atom is 0.250 e. The minimum absolute atomic E-state index is 0.0570. The standard InChI is InChI=1S/C27H25N5O4S/c33-27(24-17-37(34,35)25-7-2-1-5-19(25)16-36-24)29-15-20-13-23-18(14-28-20)9-10-22(30-23)21-6-3-8-26(31-21)32-11-4-12-32/h1-3,5-10,13-14,24H,4,11-12,15-17H2,(H,29,33). The van der Waals surface area contributed by atoms with Gasteiger partial charge >= 0.3 is 0 Å². The molecule has 10 heteroatoms. The zero-order valence-corrected chi connectivity index (χ0v) is 20.8. The van der Waals surface area contributed by atoms with E-state index in [1.54, 1.807) is 30.5 Å². The second-order valence-corrected chi connectivity index (χ2v) is 11.2. The van der Waals surface area contributed by atoms with Gasteiger partial charge in [-0.1, -0.05) is 24.3 Å². The Balaban J connectivity index is 1.17. The zero-order chi connectivity index (χ0) is 25.4. The molecular formula is C27H25N5O4S. The minimum atomic E-state index is -3.64. The molecule has 0 saturated carbocycles. The summed E-state index contributed by atoms with van der Waals surface area (Å²) in [7, 11) is -3.64. The molecule has 0 spiro atoms. The van der Waals surface area contributed by atoms with E-state index in [1.165, 1.54) is 6.42 Å². The van der Waals surface area contributed by atoms with Crippen molar-refractivity contribution >= 4 is 32.5 Å². The molecule has 0 aliphatic carbocycles. The number of rotatable bonds is 5. The summed E-state index contributed by atoms with van der Waals surface area (Å²) in [6.45, 7) is 2.22. The minimum Gasteiger partial charge on any atom is -0.363 e. The molecule has 1 fully saturated rings. The number of nitrogens with zero attached hydrogens (tertiary/aromatic N) is 4. The highest BCUT2D eigenvalue weighted by atomic mass is 32.2. The Kier molecular flexibility index (Phi) is 6.05. The first-order valence-corrected chi connectivity index (χ1v) is 13.8. The Bertz CT molecular complexity index is 1600. The van der Waals surface area contributed by atoms with Crippen LogP contribution >= 0.6 is 0 Å². The third-order valence-electron chi connectivity index (χ3n) is 6.66. The molecule has 6 rings (SSSR count). The molecule has 1 unspecified atom stereocenters. The molecule has 1 aromatic carbocycles. The van der Waals surface area contributed by atoms with Gasteiger partial charge in [-0.2, -0.15) is 0 Å². The molecule has 5 heterocycles. The van der Waals surface area contributed by atoms with Crippen molar-refractivity contribution < 1.29 is 17.9 Å². The zero-order valence-electron chi connectivity index (χ0n) is 20.0. The van der Waals surface area contributed by atoms with Crippen molar-refractivity contribution in [3.8, 4) is 11.4 Å². The molecular weight excluding hydrogens is 490 g/mol. The molecule has 0 bridgehead atoms. The first-order chi connectivity index (χ1) is 18.0. The number of nitrogens with one attached hydrogen (secondary N) is 1. The topological polar surface area (TPSA) is 114 Å². The quantitative estimate of drug-likeness (QED) is 0.432. The number of aromatic nitrogens is 3. The van der Waals surface area contributed by atoms with Gasteiger partial charge in [0.1, 0.15) is 5.82 Å². The number of anilines is 1. The highest BCUT2D eigenvalue weighted by Crippen LogP contribution is 2.25. The Morgan fingerprint density at radius 3 is 2.70 bits per heavy atom. The average molecular weight is 516 g/mol. The highest BCUT2D eigenvalue weighted by Gasteiger charge is 2.32. The lowest BCUT2D eigenvalue weighted by atomic mass is 10.1. The Morgan fingerprint density at radius 1 is 1.03 bits per heavy atom. The van der Waals surface area contributed by atoms with Crippen molar-refractivity contribution in [1.82, 2.24) is 20.3 Å². The first-order valence-electron chi connectivity index (χ1n) is 12.1. The van der Waals surface area contributed by atoms with Crippen LogP contribution in [0.15, 0.2) is 71.8 Å². The van der Waals surface area contributed by atoms with Crippen LogP contribution in [0.5, 0.6) is 0 Å². The molecule has 1 amide bonds. The number of hydrogen-bond acceptors (Lipinski definition) is 8. The number of sulfone groups is 1. The van der Waals surface area contributed by atoms with Crippen molar-refractivity contribution in [2.45, 2.75) is 30.6 Å². The maximum atomic E-state index is 12.8. The summed E-state index contributed by atoms with van der Waals surface area (Å²) in [5.74, 6) is 0.0525. The second kappa shape index (κ2) is 9.53. The van der Waals surface area contributed by atoms with Crippen molar-refractivity contribution in [3.63, 3.8) is 0 Å². The molecule has 9 nitrogen and oxygen atoms in total. The third-order valence-corrected chi connectivity index (χ3v) is 8.47. The van der Waals surface area contributed by atoms with Gasteiger partial charge in [0.05, 0.1) is 46.4 Å². The largest absolute Gasteiger partial charge is 0.363 e. The second-order valence-electron chi connectivity index (χ2n) is 9.19. The normalized spacial score (nSPS) is 18.5. The van der Waals surface area contributed by atoms with Crippen LogP contribution in [0, 0.1) is 0 Å². The fraction of sp³-hybridized carbons (Fsp3) is 0.259. The Morgan fingerprint density at radius 2 is 1.86 bits per heavy atom. The van der Waals surface area contributed by atoms with Crippen LogP contribution in [0.2, 0.25) is 0 Å². The first kappa shape index (κ1) is 23.5. The van der Waals surface area contributed by atoms with Gasteiger partial charge in [0.25, 0.3) is 5.91 Å². The molecule has 3 aromatic heterocycles. The number of fused-ring (bicyclic) bond motifs is 2. The summed E-state index contributed by atoms with van der Waals surface area (Å²) in [6, 6.07) is 18.3. The van der Waals surface area contributed by atoms with Crippen molar-refractivity contribution in [3.05, 3.63) is 78.1 Å². The van der Waals surface area contributed by atoms with E-state index < -0.39 is 27.6 Å². The van der Waals surface area contributed by atoms with Crippen LogP contribution < -0.4 is 10.2 Å². The molecule has 188 valence electrons. The lowest BCUT2D eigenvalue weighted by molar-refractivity contribution is -0.132. The van der Waals surface area contributed by atoms with Crippen molar-refractivity contribution in [2.75, 3.05) is 23.7 Å². The predicted molar refractivity (Wildman–Crippen MR) is 139 cm³/mol. The number of hydrogen-bond donors (Lipinski definition) is 1. The lowest BCUT2D eigenvalue weighted by Gasteiger charge is -2.32. The monoisotopic (exact) mass is 515 g/mol. The summed E-state index contributed by atoms with van der Waals surface area (Å²) in [5.41, 5.74) is 3.45. The fourth-order valence-electron chi connectivity index (χ4n) is 4.48. The van der Waals surface area contributed by atoms with Gasteiger partial charge in [-0.05, 0) is 48.4 Å². The predicted octanol–water partition coefficient (Wildman–Crippen LogP) is 2.89. The number of carbonyl (C=O) groups is 1. The average Bonchev–Trinajstić information content (AvgIpc) is 3.02. The molecule has 37 heavy (non-hydrogen) atoms. The van der Waals surface area contributed by atoms with Crippen LogP contribution in [-0.2, 0) is 32.5 Å². The highest BCUT2D eigenvalue weighted by molar-refractivity contribution is 7.91. The molecule has 0 radical (unpaired) electrons. The van der Waals surface area contributed by atoms with E-state index >= 15 is 0 Å². The van der Waals surface area contributed by atoms with E-state index in [-0.39, 0.29) is 18.0 Å². The molecule has 1 N–H and O–H groups in total. The summed E-state index contributed by atoms with van der Waals surface area (Å²) in [4.78, 5) is 29.3. The molecule has 2 aliphatic heterocycles. The third kappa shape index (κ3) is 4.77. The van der Waals surface area contributed by atoms with Gasteiger partial charge in [0.15, 0.2) is 15.9 Å². The van der Waals surface area contributed by atoms with E-state index in [1.807, 2.05) is 36.4 Å². The Labute approximate surface area is 214 Å². The van der Waals surface area contributed by atoms with Crippen molar-refractivity contribution in [1.29, 1.82) is 0 Å². The molecule has 4 aromatic rings. The lowest BCUT2D eigenvalue weighted by Crippen LogP contribution is -2.39. The van der Waals surface area contributed by atoms with Gasteiger partial charge in [-0.3, -0.25) is 9.78 Å². The number of benzene rings is 1. The summed E-state index contributed by atoms with van der Waals surface area (Å²) in [6.07, 6.45) is 1.79. The van der Waals surface area contributed by atoms with E-state index in [4.69, 9.17) is 14.7 Å². The number of ether oxygens (including phenoxy) is 1. The SMILES string of the molecule is O=C(NCc1cc2nc(-c3cccc(N4CCC4)n3)ccc2cn1)C1CS(=O)(=O)c2ccccc2CO1. The summed E-state index contributed by atoms with van der Waals surface area (Å²) >= 11 is 0. The van der Waals surface area contributed by atoms with E-state index in [9.17, 15) is 13.2 Å². The van der Waals surface area contributed by atoms with Crippen molar-refractivity contribution in [2.24, 2.45) is 0 Å². The van der Waals surface area contributed by atoms with Gasteiger partial charge in [-0.15, -0.1) is 0 Å². The molecule has 2 aliphatic rings. The van der Waals surface area contributed by atoms with Gasteiger partial charge in [-0.25, -0.2) is 18.4 Å². The van der Waals surface area contributed by atoms with Gasteiger partial charge in [0, 0.05) is 24.7 Å². The smallest absolute Gasteiger partial charge is 0.250 e. The van der Waals surface area contributed by atoms with Crippen LogP contribution in [0.4, 0.5) is 5.82 Å². The maximum absolute atomic E-state index is 12.8. The van der Waals surface area contributed by atoms with Gasteiger partial charge < -0.3 is 15.0 Å². The van der Waals surface area contributed by atoms with E-state index in [2.05, 4.69) is 15.2 Å². The molecule has 1 saturated heterocycles. The van der Waals surface area contributed by atoms with Gasteiger partial charge in [0.2, 0.25) is 0 Å². The van der Waals surface area contributed by atoms with E-state index in [0.29, 0.717) is 11.3 Å². The van der Waals surface area contributed by atoms with Crippen LogP contribution in [-0.4, -0.2) is 54.2 Å². The Hall–Kier alpha value is -3.89. The summed E-state index contributed by atoms with van der Waals surface area (Å²) in [5, 5.41) is 3.64. The summed E-state index contributed by atoms with van der Waals surface area (Å²) < 4.78 is 31.2. The number of amides is 1. The molecule has 1 atom stereocenters. The van der Waals surface area contributed by atoms with E-state index in [0.717, 1.165) is 41.2 Å². The number of carbonyl (C=O) groups excluding carboxylic acids is 1. The fourth-order valence-corrected chi connectivity index (χ4v) is 6.12.